The molecule has 4 rings (SSSR count). The Labute approximate surface area is 163 Å². The number of aromatic nitrogens is 1. The minimum absolute atomic E-state index is 0.0995. The van der Waals surface area contributed by atoms with Gasteiger partial charge in [0, 0.05) is 37.3 Å². The van der Waals surface area contributed by atoms with E-state index in [4.69, 9.17) is 4.74 Å². The predicted octanol–water partition coefficient (Wildman–Crippen LogP) is 3.33. The zero-order chi connectivity index (χ0) is 19.7. The first-order chi connectivity index (χ1) is 13.5. The van der Waals surface area contributed by atoms with E-state index in [1.54, 1.807) is 37.4 Å². The summed E-state index contributed by atoms with van der Waals surface area (Å²) in [6.45, 7) is 0.425. The van der Waals surface area contributed by atoms with Gasteiger partial charge < -0.3 is 15.0 Å². The van der Waals surface area contributed by atoms with E-state index in [9.17, 15) is 9.59 Å². The number of anilines is 1. The summed E-state index contributed by atoms with van der Waals surface area (Å²) in [4.78, 5) is 31.4. The molecule has 0 radical (unpaired) electrons. The van der Waals surface area contributed by atoms with E-state index in [2.05, 4.69) is 10.3 Å². The number of methoxy groups -OCH3 is 1. The van der Waals surface area contributed by atoms with Crippen LogP contribution in [0.15, 0.2) is 54.7 Å². The summed E-state index contributed by atoms with van der Waals surface area (Å²) in [5.41, 5.74) is 3.31. The SMILES string of the molecule is COc1ccc2c(c1)C(C(=O)N(C)Cc1cnc3ccccc3c1)CC(=O)N2. The fourth-order valence-corrected chi connectivity index (χ4v) is 3.61. The van der Waals surface area contributed by atoms with Crippen LogP contribution in [0.2, 0.25) is 0 Å². The summed E-state index contributed by atoms with van der Waals surface area (Å²) in [5.74, 6) is -0.124. The first kappa shape index (κ1) is 18.0. The van der Waals surface area contributed by atoms with Crippen LogP contribution in [0, 0.1) is 0 Å². The molecule has 1 unspecified atom stereocenters. The Bertz CT molecular complexity index is 1060. The molecule has 0 aliphatic carbocycles. The van der Waals surface area contributed by atoms with Gasteiger partial charge in [0.15, 0.2) is 0 Å². The lowest BCUT2D eigenvalue weighted by Crippen LogP contribution is -2.36. The summed E-state index contributed by atoms with van der Waals surface area (Å²) in [7, 11) is 3.34. The fraction of sp³-hybridized carbons (Fsp3) is 0.227. The van der Waals surface area contributed by atoms with Gasteiger partial charge in [0.05, 0.1) is 18.5 Å². The second-order valence-corrected chi connectivity index (χ2v) is 6.99. The van der Waals surface area contributed by atoms with Crippen molar-refractivity contribution in [3.63, 3.8) is 0 Å². The Morgan fingerprint density at radius 1 is 1.25 bits per heavy atom. The van der Waals surface area contributed by atoms with Crippen LogP contribution in [-0.2, 0) is 16.1 Å². The number of fused-ring (bicyclic) bond motifs is 2. The normalized spacial score (nSPS) is 15.6. The molecule has 28 heavy (non-hydrogen) atoms. The van der Waals surface area contributed by atoms with Crippen LogP contribution in [0.25, 0.3) is 10.9 Å². The van der Waals surface area contributed by atoms with Gasteiger partial charge in [0.25, 0.3) is 0 Å². The second-order valence-electron chi connectivity index (χ2n) is 6.99. The second kappa shape index (κ2) is 7.31. The molecular formula is C22H21N3O3. The number of carbonyl (C=O) groups is 2. The van der Waals surface area contributed by atoms with Crippen LogP contribution in [-0.4, -0.2) is 35.9 Å². The lowest BCUT2D eigenvalue weighted by molar-refractivity contribution is -0.134. The van der Waals surface area contributed by atoms with Crippen LogP contribution in [0.4, 0.5) is 5.69 Å². The van der Waals surface area contributed by atoms with Crippen molar-refractivity contribution in [3.8, 4) is 5.75 Å². The lowest BCUT2D eigenvalue weighted by Gasteiger charge is -2.29. The van der Waals surface area contributed by atoms with E-state index in [1.807, 2.05) is 36.4 Å². The summed E-state index contributed by atoms with van der Waals surface area (Å²) in [6, 6.07) is 15.3. The largest absolute Gasteiger partial charge is 0.497 e. The molecule has 2 amide bonds. The van der Waals surface area contributed by atoms with Crippen LogP contribution in [0.3, 0.4) is 0 Å². The van der Waals surface area contributed by atoms with E-state index < -0.39 is 5.92 Å². The van der Waals surface area contributed by atoms with E-state index >= 15 is 0 Å². The molecule has 142 valence electrons. The Morgan fingerprint density at radius 3 is 2.89 bits per heavy atom. The van der Waals surface area contributed by atoms with Gasteiger partial charge in [-0.1, -0.05) is 18.2 Å². The molecule has 0 saturated heterocycles. The van der Waals surface area contributed by atoms with Gasteiger partial charge in [0.1, 0.15) is 5.75 Å². The van der Waals surface area contributed by atoms with Crippen molar-refractivity contribution in [2.75, 3.05) is 19.5 Å². The number of benzene rings is 2. The smallest absolute Gasteiger partial charge is 0.230 e. The number of carbonyl (C=O) groups excluding carboxylic acids is 2. The summed E-state index contributed by atoms with van der Waals surface area (Å²) < 4.78 is 5.29. The van der Waals surface area contributed by atoms with Gasteiger partial charge in [-0.2, -0.15) is 0 Å². The number of nitrogens with zero attached hydrogens (tertiary/aromatic N) is 2. The van der Waals surface area contributed by atoms with Crippen LogP contribution in [0.5, 0.6) is 5.75 Å². The first-order valence-electron chi connectivity index (χ1n) is 9.11. The van der Waals surface area contributed by atoms with Crippen LogP contribution >= 0.6 is 0 Å². The number of hydrogen-bond acceptors (Lipinski definition) is 4. The van der Waals surface area contributed by atoms with Crippen LogP contribution < -0.4 is 10.1 Å². The van der Waals surface area contributed by atoms with Crippen molar-refractivity contribution in [2.24, 2.45) is 0 Å². The Kier molecular flexibility index (Phi) is 4.69. The van der Waals surface area contributed by atoms with Gasteiger partial charge in [0.2, 0.25) is 11.8 Å². The van der Waals surface area contributed by atoms with Crippen molar-refractivity contribution in [1.82, 2.24) is 9.88 Å². The standard InChI is InChI=1S/C22H21N3O3/c1-25(13-14-9-15-5-3-4-6-19(15)23-12-14)22(27)18-11-21(26)24-20-8-7-16(28-2)10-17(18)20/h3-10,12,18H,11,13H2,1-2H3,(H,24,26). The molecule has 0 fully saturated rings. The molecule has 0 spiro atoms. The topological polar surface area (TPSA) is 71.5 Å². The molecule has 1 atom stereocenters. The van der Waals surface area contributed by atoms with Crippen molar-refractivity contribution < 1.29 is 14.3 Å². The molecular weight excluding hydrogens is 354 g/mol. The molecule has 3 aromatic rings. The monoisotopic (exact) mass is 375 g/mol. The van der Waals surface area contributed by atoms with Crippen LogP contribution in [0.1, 0.15) is 23.5 Å². The highest BCUT2D eigenvalue weighted by atomic mass is 16.5. The number of amides is 2. The molecule has 2 aromatic carbocycles. The third-order valence-corrected chi connectivity index (χ3v) is 5.04. The minimum Gasteiger partial charge on any atom is -0.497 e. The number of hydrogen-bond donors (Lipinski definition) is 1. The number of ether oxygens (including phenoxy) is 1. The molecule has 1 N–H and O–H groups in total. The predicted molar refractivity (Wildman–Crippen MR) is 107 cm³/mol. The van der Waals surface area contributed by atoms with Crippen molar-refractivity contribution >= 4 is 28.4 Å². The van der Waals surface area contributed by atoms with Gasteiger partial charge >= 0.3 is 0 Å². The maximum absolute atomic E-state index is 13.2. The molecule has 6 nitrogen and oxygen atoms in total. The van der Waals surface area contributed by atoms with Gasteiger partial charge in [-0.3, -0.25) is 14.6 Å². The van der Waals surface area contributed by atoms with E-state index in [-0.39, 0.29) is 18.2 Å². The summed E-state index contributed by atoms with van der Waals surface area (Å²) in [5, 5.41) is 3.86. The van der Waals surface area contributed by atoms with Crippen molar-refractivity contribution in [1.29, 1.82) is 0 Å². The number of para-hydroxylation sites is 1. The van der Waals surface area contributed by atoms with Gasteiger partial charge in [-0.25, -0.2) is 0 Å². The quantitative estimate of drug-likeness (QED) is 0.759. The number of rotatable bonds is 4. The molecule has 2 heterocycles. The fourth-order valence-electron chi connectivity index (χ4n) is 3.61. The van der Waals surface area contributed by atoms with E-state index in [0.717, 1.165) is 22.0 Å². The third kappa shape index (κ3) is 3.41. The molecule has 6 heteroatoms. The van der Waals surface area contributed by atoms with E-state index in [0.29, 0.717) is 18.0 Å². The highest BCUT2D eigenvalue weighted by molar-refractivity contribution is 6.01. The van der Waals surface area contributed by atoms with Gasteiger partial charge in [-0.15, -0.1) is 0 Å². The Morgan fingerprint density at radius 2 is 2.07 bits per heavy atom. The maximum Gasteiger partial charge on any atom is 0.230 e. The summed E-state index contributed by atoms with van der Waals surface area (Å²) >= 11 is 0. The molecule has 1 aromatic heterocycles. The first-order valence-corrected chi connectivity index (χ1v) is 9.11. The van der Waals surface area contributed by atoms with Crippen molar-refractivity contribution in [3.05, 3.63) is 65.9 Å². The highest BCUT2D eigenvalue weighted by Crippen LogP contribution is 2.36. The number of pyridine rings is 1. The minimum atomic E-state index is -0.530. The lowest BCUT2D eigenvalue weighted by atomic mass is 9.89. The molecule has 1 aliphatic rings. The Hall–Kier alpha value is -3.41. The van der Waals surface area contributed by atoms with E-state index in [1.165, 1.54) is 0 Å². The third-order valence-electron chi connectivity index (χ3n) is 5.04. The zero-order valence-corrected chi connectivity index (χ0v) is 15.8. The zero-order valence-electron chi connectivity index (χ0n) is 15.8. The maximum atomic E-state index is 13.2. The number of nitrogens with one attached hydrogen (secondary N) is 1. The highest BCUT2D eigenvalue weighted by Gasteiger charge is 2.33. The molecule has 0 saturated carbocycles. The Balaban J connectivity index is 1.59. The van der Waals surface area contributed by atoms with Gasteiger partial charge in [-0.05, 0) is 41.5 Å². The molecule has 0 bridgehead atoms. The summed E-state index contributed by atoms with van der Waals surface area (Å²) in [6.07, 6.45) is 1.91. The average Bonchev–Trinajstić information content (AvgIpc) is 2.72. The van der Waals surface area contributed by atoms with Crippen molar-refractivity contribution in [2.45, 2.75) is 18.9 Å². The molecule has 1 aliphatic heterocycles. The average molecular weight is 375 g/mol. The number of likely N-dealkylation sites (N-methyl/N-ethyl adjacent to an activating group) is 1.